The van der Waals surface area contributed by atoms with Crippen LogP contribution in [0.4, 0.5) is 10.1 Å². The SMILES string of the molecule is Cc1cc(F)ccc1NC(=O)c1cnn(-c2ccc(Cl)cc2)c1C. The molecule has 0 atom stereocenters. The lowest BCUT2D eigenvalue weighted by Gasteiger charge is -2.09. The number of aryl methyl sites for hydroxylation is 1. The van der Waals surface area contributed by atoms with E-state index in [9.17, 15) is 9.18 Å². The molecule has 0 saturated heterocycles. The van der Waals surface area contributed by atoms with Crippen LogP contribution in [0.15, 0.2) is 48.7 Å². The highest BCUT2D eigenvalue weighted by Gasteiger charge is 2.16. The maximum Gasteiger partial charge on any atom is 0.259 e. The van der Waals surface area contributed by atoms with E-state index in [0.29, 0.717) is 27.5 Å². The van der Waals surface area contributed by atoms with E-state index in [1.54, 1.807) is 29.8 Å². The second kappa shape index (κ2) is 6.45. The van der Waals surface area contributed by atoms with E-state index in [0.717, 1.165) is 5.69 Å². The zero-order chi connectivity index (χ0) is 17.3. The number of hydrogen-bond donors (Lipinski definition) is 1. The van der Waals surface area contributed by atoms with Crippen molar-refractivity contribution in [3.8, 4) is 5.69 Å². The lowest BCUT2D eigenvalue weighted by atomic mass is 10.1. The Balaban J connectivity index is 1.87. The van der Waals surface area contributed by atoms with Crippen molar-refractivity contribution in [2.24, 2.45) is 0 Å². The topological polar surface area (TPSA) is 46.9 Å². The normalized spacial score (nSPS) is 10.7. The van der Waals surface area contributed by atoms with E-state index >= 15 is 0 Å². The first-order valence-corrected chi connectivity index (χ1v) is 7.71. The molecule has 24 heavy (non-hydrogen) atoms. The van der Waals surface area contributed by atoms with Crippen LogP contribution in [0.5, 0.6) is 0 Å². The van der Waals surface area contributed by atoms with E-state index in [4.69, 9.17) is 11.6 Å². The molecule has 0 bridgehead atoms. The van der Waals surface area contributed by atoms with Crippen LogP contribution in [-0.2, 0) is 0 Å². The van der Waals surface area contributed by atoms with Gasteiger partial charge in [0.2, 0.25) is 0 Å². The fourth-order valence-electron chi connectivity index (χ4n) is 2.43. The molecular weight excluding hydrogens is 329 g/mol. The van der Waals surface area contributed by atoms with Crippen molar-refractivity contribution in [1.82, 2.24) is 9.78 Å². The third-order valence-corrected chi connectivity index (χ3v) is 4.01. The van der Waals surface area contributed by atoms with Crippen LogP contribution in [0.3, 0.4) is 0 Å². The molecule has 0 aliphatic heterocycles. The van der Waals surface area contributed by atoms with E-state index in [-0.39, 0.29) is 11.7 Å². The van der Waals surface area contributed by atoms with Gasteiger partial charge in [-0.3, -0.25) is 4.79 Å². The molecule has 0 spiro atoms. The predicted octanol–water partition coefficient (Wildman–Crippen LogP) is 4.53. The van der Waals surface area contributed by atoms with E-state index in [1.807, 2.05) is 19.1 Å². The maximum absolute atomic E-state index is 13.2. The van der Waals surface area contributed by atoms with Crippen molar-refractivity contribution in [3.63, 3.8) is 0 Å². The number of aromatic nitrogens is 2. The smallest absolute Gasteiger partial charge is 0.259 e. The van der Waals surface area contributed by atoms with Gasteiger partial charge >= 0.3 is 0 Å². The first-order chi connectivity index (χ1) is 11.5. The molecule has 6 heteroatoms. The molecule has 0 radical (unpaired) electrons. The monoisotopic (exact) mass is 343 g/mol. The minimum Gasteiger partial charge on any atom is -0.322 e. The average Bonchev–Trinajstić information content (AvgIpc) is 2.92. The molecule has 122 valence electrons. The Labute approximate surface area is 143 Å². The summed E-state index contributed by atoms with van der Waals surface area (Å²) in [5, 5.41) is 7.69. The fraction of sp³-hybridized carbons (Fsp3) is 0.111. The van der Waals surface area contributed by atoms with Crippen molar-refractivity contribution < 1.29 is 9.18 Å². The number of halogens is 2. The molecule has 0 saturated carbocycles. The third kappa shape index (κ3) is 3.16. The van der Waals surface area contributed by atoms with Gasteiger partial charge in [0.25, 0.3) is 5.91 Å². The van der Waals surface area contributed by atoms with Crippen LogP contribution >= 0.6 is 11.6 Å². The van der Waals surface area contributed by atoms with Gasteiger partial charge in [0.05, 0.1) is 23.1 Å². The number of carbonyl (C=O) groups is 1. The zero-order valence-corrected chi connectivity index (χ0v) is 13.9. The fourth-order valence-corrected chi connectivity index (χ4v) is 2.56. The van der Waals surface area contributed by atoms with Gasteiger partial charge in [-0.15, -0.1) is 0 Å². The van der Waals surface area contributed by atoms with Crippen molar-refractivity contribution in [2.45, 2.75) is 13.8 Å². The van der Waals surface area contributed by atoms with Crippen LogP contribution in [0.2, 0.25) is 5.02 Å². The molecule has 3 rings (SSSR count). The molecule has 0 aliphatic carbocycles. The Hall–Kier alpha value is -2.66. The summed E-state index contributed by atoms with van der Waals surface area (Å²) in [4.78, 5) is 12.5. The van der Waals surface area contributed by atoms with Gasteiger partial charge in [-0.05, 0) is 61.9 Å². The lowest BCUT2D eigenvalue weighted by Crippen LogP contribution is -2.14. The number of nitrogens with one attached hydrogen (secondary N) is 1. The Kier molecular flexibility index (Phi) is 4.36. The van der Waals surface area contributed by atoms with Crippen LogP contribution in [-0.4, -0.2) is 15.7 Å². The second-order valence-corrected chi connectivity index (χ2v) is 5.88. The number of hydrogen-bond acceptors (Lipinski definition) is 2. The molecule has 1 amide bonds. The molecule has 3 aromatic rings. The molecule has 1 N–H and O–H groups in total. The van der Waals surface area contributed by atoms with Gasteiger partial charge in [0.15, 0.2) is 0 Å². The Bertz CT molecular complexity index is 903. The third-order valence-electron chi connectivity index (χ3n) is 3.76. The van der Waals surface area contributed by atoms with Crippen LogP contribution in [0, 0.1) is 19.7 Å². The van der Waals surface area contributed by atoms with Crippen molar-refractivity contribution in [1.29, 1.82) is 0 Å². The van der Waals surface area contributed by atoms with Gasteiger partial charge < -0.3 is 5.32 Å². The molecule has 0 fully saturated rings. The molecular formula is C18H15ClFN3O. The van der Waals surface area contributed by atoms with Crippen molar-refractivity contribution in [3.05, 3.63) is 76.3 Å². The molecule has 0 unspecified atom stereocenters. The molecule has 4 nitrogen and oxygen atoms in total. The molecule has 1 aromatic heterocycles. The lowest BCUT2D eigenvalue weighted by molar-refractivity contribution is 0.102. The van der Waals surface area contributed by atoms with Crippen LogP contribution in [0.1, 0.15) is 21.6 Å². The second-order valence-electron chi connectivity index (χ2n) is 5.45. The highest BCUT2D eigenvalue weighted by molar-refractivity contribution is 6.30. The number of amides is 1. The predicted molar refractivity (Wildman–Crippen MR) is 92.4 cm³/mol. The van der Waals surface area contributed by atoms with Crippen LogP contribution in [0.25, 0.3) is 5.69 Å². The first-order valence-electron chi connectivity index (χ1n) is 7.34. The summed E-state index contributed by atoms with van der Waals surface area (Å²) in [6, 6.07) is 11.4. The standard InChI is InChI=1S/C18H15ClFN3O/c1-11-9-14(20)5-8-17(11)22-18(24)16-10-21-23(12(16)2)15-6-3-13(19)4-7-15/h3-10H,1-2H3,(H,22,24). The minimum atomic E-state index is -0.336. The summed E-state index contributed by atoms with van der Waals surface area (Å²) in [7, 11) is 0. The van der Waals surface area contributed by atoms with E-state index in [2.05, 4.69) is 10.4 Å². The van der Waals surface area contributed by atoms with Gasteiger partial charge in [-0.25, -0.2) is 9.07 Å². The quantitative estimate of drug-likeness (QED) is 0.759. The number of nitrogens with zero attached hydrogens (tertiary/aromatic N) is 2. The largest absolute Gasteiger partial charge is 0.322 e. The Morgan fingerprint density at radius 2 is 1.88 bits per heavy atom. The number of benzene rings is 2. The summed E-state index contributed by atoms with van der Waals surface area (Å²) in [5.41, 5.74) is 3.20. The number of anilines is 1. The van der Waals surface area contributed by atoms with Crippen molar-refractivity contribution >= 4 is 23.2 Å². The molecule has 1 heterocycles. The Morgan fingerprint density at radius 1 is 1.17 bits per heavy atom. The van der Waals surface area contributed by atoms with E-state index in [1.165, 1.54) is 18.3 Å². The highest BCUT2D eigenvalue weighted by Crippen LogP contribution is 2.20. The summed E-state index contributed by atoms with van der Waals surface area (Å²) in [6.45, 7) is 3.55. The molecule has 0 aliphatic rings. The summed E-state index contributed by atoms with van der Waals surface area (Å²) in [6.07, 6.45) is 1.51. The summed E-state index contributed by atoms with van der Waals surface area (Å²) in [5.74, 6) is -0.625. The van der Waals surface area contributed by atoms with Gasteiger partial charge in [0, 0.05) is 10.7 Å². The van der Waals surface area contributed by atoms with Crippen LogP contribution < -0.4 is 5.32 Å². The van der Waals surface area contributed by atoms with E-state index < -0.39 is 0 Å². The first kappa shape index (κ1) is 16.2. The molecule has 2 aromatic carbocycles. The summed E-state index contributed by atoms with van der Waals surface area (Å²) < 4.78 is 14.8. The average molecular weight is 344 g/mol. The number of rotatable bonds is 3. The minimum absolute atomic E-state index is 0.289. The van der Waals surface area contributed by atoms with Gasteiger partial charge in [0.1, 0.15) is 5.82 Å². The number of carbonyl (C=O) groups excluding carboxylic acids is 1. The highest BCUT2D eigenvalue weighted by atomic mass is 35.5. The van der Waals surface area contributed by atoms with Crippen molar-refractivity contribution in [2.75, 3.05) is 5.32 Å². The Morgan fingerprint density at radius 3 is 2.54 bits per heavy atom. The maximum atomic E-state index is 13.2. The zero-order valence-electron chi connectivity index (χ0n) is 13.2. The van der Waals surface area contributed by atoms with Gasteiger partial charge in [-0.2, -0.15) is 5.10 Å². The summed E-state index contributed by atoms with van der Waals surface area (Å²) >= 11 is 5.89. The van der Waals surface area contributed by atoms with Gasteiger partial charge in [-0.1, -0.05) is 11.6 Å².